The van der Waals surface area contributed by atoms with Gasteiger partial charge in [0.05, 0.1) is 0 Å². The summed E-state index contributed by atoms with van der Waals surface area (Å²) in [5, 5.41) is 0. The van der Waals surface area contributed by atoms with E-state index in [1.165, 1.54) is 27.8 Å². The second-order valence-electron chi connectivity index (χ2n) is 4.51. The van der Waals surface area contributed by atoms with E-state index in [0.29, 0.717) is 0 Å². The summed E-state index contributed by atoms with van der Waals surface area (Å²) in [5.41, 5.74) is 13.3. The molecule has 0 atom stereocenters. The molecule has 2 N–H and O–H groups in total. The number of nitrogen functional groups attached to an aromatic ring is 1. The Morgan fingerprint density at radius 1 is 1.06 bits per heavy atom. The van der Waals surface area contributed by atoms with Gasteiger partial charge in [-0.15, -0.1) is 0 Å². The molecule has 0 aliphatic rings. The predicted molar refractivity (Wildman–Crippen MR) is 75.1 cm³/mol. The Labute approximate surface area is 103 Å². The zero-order chi connectivity index (χ0) is 12.4. The van der Waals surface area contributed by atoms with Crippen LogP contribution in [0.1, 0.15) is 23.6 Å². The lowest BCUT2D eigenvalue weighted by Gasteiger charge is -2.11. The average molecular weight is 225 g/mol. The van der Waals surface area contributed by atoms with Crippen LogP contribution in [-0.4, -0.2) is 0 Å². The van der Waals surface area contributed by atoms with E-state index in [1.54, 1.807) is 0 Å². The maximum absolute atomic E-state index is 6.06. The normalized spacial score (nSPS) is 10.5. The van der Waals surface area contributed by atoms with Gasteiger partial charge in [0.2, 0.25) is 0 Å². The number of aryl methyl sites for hydroxylation is 2. The predicted octanol–water partition coefficient (Wildman–Crippen LogP) is 4.12. The number of hydrogen-bond donors (Lipinski definition) is 1. The topological polar surface area (TPSA) is 26.0 Å². The fourth-order valence-electron chi connectivity index (χ4n) is 2.15. The summed E-state index contributed by atoms with van der Waals surface area (Å²) < 4.78 is 0. The van der Waals surface area contributed by atoms with Crippen molar-refractivity contribution in [1.82, 2.24) is 0 Å². The second kappa shape index (κ2) is 4.62. The van der Waals surface area contributed by atoms with Gasteiger partial charge in [-0.25, -0.2) is 0 Å². The Hall–Kier alpha value is -1.76. The quantitative estimate of drug-likeness (QED) is 0.764. The van der Waals surface area contributed by atoms with Crippen molar-refractivity contribution in [2.75, 3.05) is 5.73 Å². The molecule has 0 heterocycles. The highest BCUT2D eigenvalue weighted by molar-refractivity contribution is 5.72. The number of hydrogen-bond acceptors (Lipinski definition) is 1. The van der Waals surface area contributed by atoms with Crippen molar-refractivity contribution in [2.45, 2.75) is 27.2 Å². The van der Waals surface area contributed by atoms with E-state index in [1.807, 2.05) is 0 Å². The molecule has 0 aromatic heterocycles. The van der Waals surface area contributed by atoms with Gasteiger partial charge in [-0.3, -0.25) is 0 Å². The molecule has 17 heavy (non-hydrogen) atoms. The smallest absolute Gasteiger partial charge is 0.0352 e. The van der Waals surface area contributed by atoms with E-state index in [4.69, 9.17) is 5.73 Å². The highest BCUT2D eigenvalue weighted by Gasteiger charge is 2.05. The number of nitrogens with two attached hydrogens (primary N) is 1. The van der Waals surface area contributed by atoms with Gasteiger partial charge in [0.15, 0.2) is 0 Å². The highest BCUT2D eigenvalue weighted by Crippen LogP contribution is 2.28. The first-order valence-corrected chi connectivity index (χ1v) is 6.08. The van der Waals surface area contributed by atoms with E-state index >= 15 is 0 Å². The minimum Gasteiger partial charge on any atom is -0.398 e. The standard InChI is InChI=1S/C16H19N/c1-4-13-8-9-14(10-16(13)17)15-7-5-6-11(2)12(15)3/h5-10H,4,17H2,1-3H3. The van der Waals surface area contributed by atoms with E-state index < -0.39 is 0 Å². The van der Waals surface area contributed by atoms with Gasteiger partial charge in [-0.05, 0) is 54.2 Å². The third kappa shape index (κ3) is 2.19. The summed E-state index contributed by atoms with van der Waals surface area (Å²) in [6, 6.07) is 12.8. The Bertz CT molecular complexity index is 541. The lowest BCUT2D eigenvalue weighted by Crippen LogP contribution is -1.94. The van der Waals surface area contributed by atoms with Crippen LogP contribution >= 0.6 is 0 Å². The van der Waals surface area contributed by atoms with Crippen molar-refractivity contribution in [2.24, 2.45) is 0 Å². The Balaban J connectivity index is 2.54. The average Bonchev–Trinajstić information content (AvgIpc) is 2.32. The van der Waals surface area contributed by atoms with Crippen LogP contribution in [0.4, 0.5) is 5.69 Å². The van der Waals surface area contributed by atoms with Gasteiger partial charge >= 0.3 is 0 Å². The Kier molecular flexibility index (Phi) is 3.19. The van der Waals surface area contributed by atoms with Crippen LogP contribution in [0.3, 0.4) is 0 Å². The maximum atomic E-state index is 6.06. The molecule has 0 saturated carbocycles. The minimum absolute atomic E-state index is 0.894. The summed E-state index contributed by atoms with van der Waals surface area (Å²) in [6.45, 7) is 6.43. The molecule has 2 aromatic rings. The minimum atomic E-state index is 0.894. The molecule has 2 aromatic carbocycles. The summed E-state index contributed by atoms with van der Waals surface area (Å²) in [6.07, 6.45) is 0.985. The Morgan fingerprint density at radius 3 is 2.47 bits per heavy atom. The van der Waals surface area contributed by atoms with Crippen LogP contribution in [0.2, 0.25) is 0 Å². The van der Waals surface area contributed by atoms with Crippen molar-refractivity contribution in [3.63, 3.8) is 0 Å². The van der Waals surface area contributed by atoms with Gasteiger partial charge in [-0.1, -0.05) is 37.3 Å². The molecular weight excluding hydrogens is 206 g/mol. The molecular formula is C16H19N. The molecule has 0 amide bonds. The molecule has 0 saturated heterocycles. The van der Waals surface area contributed by atoms with Gasteiger partial charge < -0.3 is 5.73 Å². The molecule has 2 rings (SSSR count). The Morgan fingerprint density at radius 2 is 1.82 bits per heavy atom. The zero-order valence-electron chi connectivity index (χ0n) is 10.7. The van der Waals surface area contributed by atoms with Crippen LogP contribution in [0.5, 0.6) is 0 Å². The first-order chi connectivity index (χ1) is 8.13. The summed E-state index contributed by atoms with van der Waals surface area (Å²) in [5.74, 6) is 0. The first kappa shape index (κ1) is 11.7. The van der Waals surface area contributed by atoms with Crippen molar-refractivity contribution < 1.29 is 0 Å². The zero-order valence-corrected chi connectivity index (χ0v) is 10.7. The fraction of sp³-hybridized carbons (Fsp3) is 0.250. The SMILES string of the molecule is CCc1ccc(-c2cccc(C)c2C)cc1N. The number of benzene rings is 2. The van der Waals surface area contributed by atoms with Gasteiger partial charge in [0, 0.05) is 5.69 Å². The monoisotopic (exact) mass is 225 g/mol. The van der Waals surface area contributed by atoms with Crippen molar-refractivity contribution in [3.8, 4) is 11.1 Å². The molecule has 0 unspecified atom stereocenters. The van der Waals surface area contributed by atoms with Crippen molar-refractivity contribution in [3.05, 3.63) is 53.1 Å². The summed E-state index contributed by atoms with van der Waals surface area (Å²) >= 11 is 0. The van der Waals surface area contributed by atoms with Crippen molar-refractivity contribution in [1.29, 1.82) is 0 Å². The molecule has 1 heteroatoms. The van der Waals surface area contributed by atoms with Crippen LogP contribution in [0.15, 0.2) is 36.4 Å². The van der Waals surface area contributed by atoms with E-state index in [2.05, 4.69) is 57.2 Å². The summed E-state index contributed by atoms with van der Waals surface area (Å²) in [4.78, 5) is 0. The number of anilines is 1. The van der Waals surface area contributed by atoms with Gasteiger partial charge in [0.1, 0.15) is 0 Å². The van der Waals surface area contributed by atoms with Gasteiger partial charge in [-0.2, -0.15) is 0 Å². The van der Waals surface area contributed by atoms with Crippen LogP contribution in [-0.2, 0) is 6.42 Å². The molecule has 0 aliphatic carbocycles. The maximum Gasteiger partial charge on any atom is 0.0352 e. The molecule has 0 aliphatic heterocycles. The number of rotatable bonds is 2. The lowest BCUT2D eigenvalue weighted by molar-refractivity contribution is 1.14. The molecule has 0 spiro atoms. The van der Waals surface area contributed by atoms with E-state index in [-0.39, 0.29) is 0 Å². The second-order valence-corrected chi connectivity index (χ2v) is 4.51. The molecule has 0 fully saturated rings. The molecule has 0 radical (unpaired) electrons. The van der Waals surface area contributed by atoms with Crippen LogP contribution in [0.25, 0.3) is 11.1 Å². The van der Waals surface area contributed by atoms with E-state index in [9.17, 15) is 0 Å². The third-order valence-electron chi connectivity index (χ3n) is 3.44. The fourth-order valence-corrected chi connectivity index (χ4v) is 2.15. The molecule has 1 nitrogen and oxygen atoms in total. The van der Waals surface area contributed by atoms with Crippen LogP contribution in [0, 0.1) is 13.8 Å². The van der Waals surface area contributed by atoms with Crippen LogP contribution < -0.4 is 5.73 Å². The molecule has 0 bridgehead atoms. The largest absolute Gasteiger partial charge is 0.398 e. The molecule has 88 valence electrons. The third-order valence-corrected chi connectivity index (χ3v) is 3.44. The highest BCUT2D eigenvalue weighted by atomic mass is 14.6. The lowest BCUT2D eigenvalue weighted by atomic mass is 9.95. The first-order valence-electron chi connectivity index (χ1n) is 6.08. The van der Waals surface area contributed by atoms with E-state index in [0.717, 1.165) is 12.1 Å². The van der Waals surface area contributed by atoms with Gasteiger partial charge in [0.25, 0.3) is 0 Å². The summed E-state index contributed by atoms with van der Waals surface area (Å²) in [7, 11) is 0. The van der Waals surface area contributed by atoms with Crippen molar-refractivity contribution >= 4 is 5.69 Å².